The van der Waals surface area contributed by atoms with E-state index in [2.05, 4.69) is 25.3 Å². The van der Waals surface area contributed by atoms with E-state index in [1.165, 1.54) is 0 Å². The number of nitrogens with zero attached hydrogens (tertiary/aromatic N) is 3. The maximum atomic E-state index is 12.5. The molecule has 2 bridgehead atoms. The number of fused-ring (bicyclic) bond motifs is 2. The molecule has 8 heteroatoms. The van der Waals surface area contributed by atoms with Crippen LogP contribution in [0.15, 0.2) is 0 Å². The average molecular weight is 342 g/mol. The predicted octanol–water partition coefficient (Wildman–Crippen LogP) is 3.45. The topological polar surface area (TPSA) is 29.0 Å². The molecule has 2 saturated heterocycles. The molecule has 1 aromatic rings. The van der Waals surface area contributed by atoms with E-state index in [1.54, 1.807) is 0 Å². The van der Waals surface area contributed by atoms with Crippen LogP contribution in [0.25, 0.3) is 0 Å². The summed E-state index contributed by atoms with van der Waals surface area (Å²) < 4.78 is 40.9. The number of piperidine rings is 1. The van der Waals surface area contributed by atoms with Gasteiger partial charge >= 0.3 is 6.18 Å². The number of anilines is 1. The molecule has 0 saturated carbocycles. The molecule has 0 amide bonds. The van der Waals surface area contributed by atoms with Crippen molar-refractivity contribution in [3.05, 3.63) is 5.82 Å². The highest BCUT2D eigenvalue weighted by Crippen LogP contribution is 2.42. The zero-order valence-corrected chi connectivity index (χ0v) is 11.7. The fraction of sp³-hybridized carbons (Fsp3) is 0.800. The molecule has 3 nitrogen and oxygen atoms in total. The van der Waals surface area contributed by atoms with Crippen molar-refractivity contribution >= 4 is 32.6 Å². The van der Waals surface area contributed by atoms with Crippen LogP contribution in [-0.2, 0) is 6.18 Å². The third-order valence-corrected chi connectivity index (χ3v) is 5.04. The van der Waals surface area contributed by atoms with Crippen LogP contribution in [0, 0.1) is 0 Å². The second kappa shape index (κ2) is 4.33. The quantitative estimate of drug-likeness (QED) is 0.732. The van der Waals surface area contributed by atoms with Crippen LogP contribution >= 0.6 is 27.5 Å². The SMILES string of the molecule is FC(F)(F)c1nsc(N2C3CCC2CC(Br)C3)n1. The molecular formula is C10H11BrF3N3S. The number of rotatable bonds is 1. The molecule has 100 valence electrons. The number of aromatic nitrogens is 2. The Balaban J connectivity index is 1.86. The van der Waals surface area contributed by atoms with Gasteiger partial charge in [0.25, 0.3) is 0 Å². The molecule has 18 heavy (non-hydrogen) atoms. The number of alkyl halides is 4. The lowest BCUT2D eigenvalue weighted by Gasteiger charge is -2.36. The van der Waals surface area contributed by atoms with Gasteiger partial charge in [-0.1, -0.05) is 15.9 Å². The van der Waals surface area contributed by atoms with Crippen molar-refractivity contribution in [3.8, 4) is 0 Å². The number of hydrogen-bond acceptors (Lipinski definition) is 4. The molecular weight excluding hydrogens is 331 g/mol. The van der Waals surface area contributed by atoms with Crippen molar-refractivity contribution in [2.45, 2.75) is 48.8 Å². The van der Waals surface area contributed by atoms with E-state index in [-0.39, 0.29) is 0 Å². The Morgan fingerprint density at radius 2 is 1.83 bits per heavy atom. The van der Waals surface area contributed by atoms with Crippen molar-refractivity contribution in [2.75, 3.05) is 4.90 Å². The summed E-state index contributed by atoms with van der Waals surface area (Å²) in [4.78, 5) is 6.18. The van der Waals surface area contributed by atoms with Gasteiger partial charge in [-0.25, -0.2) is 0 Å². The molecule has 1 aromatic heterocycles. The first-order chi connectivity index (χ1) is 8.45. The van der Waals surface area contributed by atoms with Crippen LogP contribution in [0.5, 0.6) is 0 Å². The minimum Gasteiger partial charge on any atom is -0.341 e. The highest BCUT2D eigenvalue weighted by molar-refractivity contribution is 9.09. The number of halogens is 4. The molecule has 0 aromatic carbocycles. The van der Waals surface area contributed by atoms with Crippen LogP contribution in [0.4, 0.5) is 18.3 Å². The molecule has 3 heterocycles. The first-order valence-electron chi connectivity index (χ1n) is 5.78. The summed E-state index contributed by atoms with van der Waals surface area (Å²) >= 11 is 4.47. The van der Waals surface area contributed by atoms with Crippen LogP contribution in [0.1, 0.15) is 31.5 Å². The summed E-state index contributed by atoms with van der Waals surface area (Å²) in [5, 5.41) is 0.425. The first kappa shape index (κ1) is 12.7. The van der Waals surface area contributed by atoms with Crippen LogP contribution in [-0.4, -0.2) is 26.3 Å². The Labute approximate surface area is 115 Å². The maximum Gasteiger partial charge on any atom is 0.452 e. The molecule has 0 aliphatic carbocycles. The Bertz CT molecular complexity index is 436. The van der Waals surface area contributed by atoms with Crippen LogP contribution < -0.4 is 4.90 Å². The summed E-state index contributed by atoms with van der Waals surface area (Å²) in [5.74, 6) is -1.01. The van der Waals surface area contributed by atoms with Crippen molar-refractivity contribution in [3.63, 3.8) is 0 Å². The van der Waals surface area contributed by atoms with E-state index >= 15 is 0 Å². The van der Waals surface area contributed by atoms with Crippen molar-refractivity contribution < 1.29 is 13.2 Å². The summed E-state index contributed by atoms with van der Waals surface area (Å²) in [6, 6.07) is 0.615. The van der Waals surface area contributed by atoms with Crippen LogP contribution in [0.2, 0.25) is 0 Å². The van der Waals surface area contributed by atoms with Gasteiger partial charge in [0, 0.05) is 28.4 Å². The second-order valence-electron chi connectivity index (χ2n) is 4.76. The molecule has 0 radical (unpaired) electrons. The van der Waals surface area contributed by atoms with E-state index in [9.17, 15) is 13.2 Å². The van der Waals surface area contributed by atoms with Gasteiger partial charge in [-0.05, 0) is 25.7 Å². The maximum absolute atomic E-state index is 12.5. The minimum atomic E-state index is -4.44. The lowest BCUT2D eigenvalue weighted by molar-refractivity contribution is -0.144. The summed E-state index contributed by atoms with van der Waals surface area (Å²) in [6.07, 6.45) is -0.433. The largest absolute Gasteiger partial charge is 0.452 e. The standard InChI is InChI=1S/C10H11BrF3N3S/c11-5-3-6-1-2-7(4-5)17(6)9-15-8(16-18-9)10(12,13)14/h5-7H,1-4H2. The molecule has 2 aliphatic rings. The molecule has 2 aliphatic heterocycles. The minimum absolute atomic E-state index is 0.308. The van der Waals surface area contributed by atoms with Gasteiger partial charge in [0.2, 0.25) is 11.0 Å². The lowest BCUT2D eigenvalue weighted by atomic mass is 10.0. The van der Waals surface area contributed by atoms with E-state index < -0.39 is 12.0 Å². The predicted molar refractivity (Wildman–Crippen MR) is 66.1 cm³/mol. The van der Waals surface area contributed by atoms with E-state index in [4.69, 9.17) is 0 Å². The van der Waals surface area contributed by atoms with Gasteiger partial charge in [-0.2, -0.15) is 22.5 Å². The third-order valence-electron chi connectivity index (χ3n) is 3.57. The van der Waals surface area contributed by atoms with E-state index in [0.29, 0.717) is 22.0 Å². The molecule has 0 spiro atoms. The van der Waals surface area contributed by atoms with Gasteiger partial charge in [0.15, 0.2) is 0 Å². The van der Waals surface area contributed by atoms with Gasteiger partial charge < -0.3 is 4.90 Å². The fourth-order valence-corrected chi connectivity index (χ4v) is 4.55. The normalized spacial score (nSPS) is 32.0. The lowest BCUT2D eigenvalue weighted by Crippen LogP contribution is -2.43. The zero-order valence-electron chi connectivity index (χ0n) is 9.32. The molecule has 2 unspecified atom stereocenters. The fourth-order valence-electron chi connectivity index (χ4n) is 2.86. The Morgan fingerprint density at radius 3 is 2.33 bits per heavy atom. The monoisotopic (exact) mass is 341 g/mol. The van der Waals surface area contributed by atoms with Gasteiger partial charge in [0.1, 0.15) is 0 Å². The van der Waals surface area contributed by atoms with Gasteiger partial charge in [-0.15, -0.1) is 0 Å². The highest BCUT2D eigenvalue weighted by Gasteiger charge is 2.43. The summed E-state index contributed by atoms with van der Waals surface area (Å²) in [5.41, 5.74) is 0. The molecule has 2 atom stereocenters. The molecule has 3 rings (SSSR count). The first-order valence-corrected chi connectivity index (χ1v) is 7.47. The van der Waals surface area contributed by atoms with Crippen LogP contribution in [0.3, 0.4) is 0 Å². The van der Waals surface area contributed by atoms with E-state index in [0.717, 1.165) is 37.2 Å². The Hall–Kier alpha value is -0.370. The smallest absolute Gasteiger partial charge is 0.341 e. The Kier molecular flexibility index (Phi) is 3.04. The van der Waals surface area contributed by atoms with E-state index in [1.807, 2.05) is 4.90 Å². The average Bonchev–Trinajstić information content (AvgIpc) is 2.81. The summed E-state index contributed by atoms with van der Waals surface area (Å²) in [7, 11) is 0. The highest BCUT2D eigenvalue weighted by atomic mass is 79.9. The third kappa shape index (κ3) is 2.13. The van der Waals surface area contributed by atoms with Crippen molar-refractivity contribution in [1.29, 1.82) is 0 Å². The van der Waals surface area contributed by atoms with Gasteiger partial charge in [0.05, 0.1) is 0 Å². The second-order valence-corrected chi connectivity index (χ2v) is 6.78. The summed E-state index contributed by atoms with van der Waals surface area (Å²) in [6.45, 7) is 0. The van der Waals surface area contributed by atoms with Gasteiger partial charge in [-0.3, -0.25) is 0 Å². The Morgan fingerprint density at radius 1 is 1.22 bits per heavy atom. The molecule has 0 N–H and O–H groups in total. The van der Waals surface area contributed by atoms with Crippen molar-refractivity contribution in [2.24, 2.45) is 0 Å². The zero-order chi connectivity index (χ0) is 12.9. The molecule has 2 fully saturated rings. The number of hydrogen-bond donors (Lipinski definition) is 0. The van der Waals surface area contributed by atoms with Crippen molar-refractivity contribution in [1.82, 2.24) is 9.36 Å².